The Balaban J connectivity index is 2.42. The summed E-state index contributed by atoms with van der Waals surface area (Å²) in [5.74, 6) is -0.374. The topological polar surface area (TPSA) is 33.1 Å². The Morgan fingerprint density at radius 3 is 2.81 bits per heavy atom. The molecule has 0 fully saturated rings. The molecular formula is C11H9ClFNOS. The van der Waals surface area contributed by atoms with Gasteiger partial charge in [-0.1, -0.05) is 11.6 Å². The van der Waals surface area contributed by atoms with Crippen molar-refractivity contribution in [1.29, 1.82) is 0 Å². The smallest absolute Gasteiger partial charge is 0.125 e. The monoisotopic (exact) mass is 257 g/mol. The van der Waals surface area contributed by atoms with E-state index in [1.54, 1.807) is 19.2 Å². The van der Waals surface area contributed by atoms with E-state index in [1.807, 2.05) is 0 Å². The molecule has 2 nitrogen and oxygen atoms in total. The molecule has 0 spiro atoms. The first-order valence-corrected chi connectivity index (χ1v) is 5.86. The van der Waals surface area contributed by atoms with Crippen molar-refractivity contribution < 1.29 is 9.50 Å². The van der Waals surface area contributed by atoms with Crippen LogP contribution in [-0.4, -0.2) is 10.1 Å². The summed E-state index contributed by atoms with van der Waals surface area (Å²) < 4.78 is 12.9. The molecule has 0 aliphatic carbocycles. The number of thiazole rings is 1. The zero-order valence-electron chi connectivity index (χ0n) is 8.45. The van der Waals surface area contributed by atoms with Gasteiger partial charge in [-0.15, -0.1) is 11.3 Å². The third kappa shape index (κ3) is 2.24. The Bertz CT molecular complexity index is 512. The van der Waals surface area contributed by atoms with Gasteiger partial charge in [-0.3, -0.25) is 0 Å². The Labute approximate surface area is 101 Å². The largest absolute Gasteiger partial charge is 0.388 e. The molecule has 0 saturated heterocycles. The molecule has 0 aliphatic heterocycles. The Kier molecular flexibility index (Phi) is 3.23. The number of hydrogen-bond donors (Lipinski definition) is 1. The van der Waals surface area contributed by atoms with E-state index in [-0.39, 0.29) is 5.82 Å². The van der Waals surface area contributed by atoms with Crippen LogP contribution in [0.2, 0.25) is 5.02 Å². The predicted octanol–water partition coefficient (Wildman–Crippen LogP) is 3.66. The summed E-state index contributed by atoms with van der Waals surface area (Å²) in [6, 6.07) is 4.17. The van der Waals surface area contributed by atoms with Crippen molar-refractivity contribution in [3.8, 4) is 10.6 Å². The third-order valence-corrected chi connectivity index (χ3v) is 3.61. The van der Waals surface area contributed by atoms with E-state index in [4.69, 9.17) is 11.6 Å². The molecule has 2 aromatic rings. The molecule has 1 N–H and O–H groups in total. The normalized spacial score (nSPS) is 12.8. The van der Waals surface area contributed by atoms with Gasteiger partial charge in [0.1, 0.15) is 10.8 Å². The average molecular weight is 258 g/mol. The minimum atomic E-state index is -0.550. The highest BCUT2D eigenvalue weighted by molar-refractivity contribution is 7.15. The average Bonchev–Trinajstić information content (AvgIpc) is 2.66. The molecule has 0 bridgehead atoms. The quantitative estimate of drug-likeness (QED) is 0.891. The fourth-order valence-corrected chi connectivity index (χ4v) is 2.47. The van der Waals surface area contributed by atoms with E-state index in [9.17, 15) is 9.50 Å². The van der Waals surface area contributed by atoms with Crippen molar-refractivity contribution in [1.82, 2.24) is 4.98 Å². The van der Waals surface area contributed by atoms with Crippen LogP contribution in [0.25, 0.3) is 10.6 Å². The van der Waals surface area contributed by atoms with Gasteiger partial charge >= 0.3 is 0 Å². The minimum Gasteiger partial charge on any atom is -0.388 e. The molecule has 1 unspecified atom stereocenters. The minimum absolute atomic E-state index is 0.325. The molecule has 0 saturated carbocycles. The van der Waals surface area contributed by atoms with E-state index in [0.717, 1.165) is 4.88 Å². The van der Waals surface area contributed by atoms with Crippen molar-refractivity contribution in [2.75, 3.05) is 0 Å². The molecule has 5 heteroatoms. The number of halogens is 2. The predicted molar refractivity (Wildman–Crippen MR) is 63.2 cm³/mol. The summed E-state index contributed by atoms with van der Waals surface area (Å²) in [4.78, 5) is 4.91. The van der Waals surface area contributed by atoms with Crippen molar-refractivity contribution in [2.45, 2.75) is 13.0 Å². The third-order valence-electron chi connectivity index (χ3n) is 2.10. The van der Waals surface area contributed by atoms with Crippen molar-refractivity contribution in [2.24, 2.45) is 0 Å². The first kappa shape index (κ1) is 11.5. The maximum absolute atomic E-state index is 12.9. The van der Waals surface area contributed by atoms with Crippen LogP contribution in [0.4, 0.5) is 4.39 Å². The summed E-state index contributed by atoms with van der Waals surface area (Å²) in [5, 5.41) is 10.4. The first-order valence-electron chi connectivity index (χ1n) is 4.67. The number of hydrogen-bond acceptors (Lipinski definition) is 3. The van der Waals surface area contributed by atoms with Crippen molar-refractivity contribution >= 4 is 22.9 Å². The fraction of sp³-hybridized carbons (Fsp3) is 0.182. The van der Waals surface area contributed by atoms with E-state index in [2.05, 4.69) is 4.98 Å². The molecule has 0 radical (unpaired) electrons. The fourth-order valence-electron chi connectivity index (χ4n) is 1.27. The molecule has 84 valence electrons. The van der Waals surface area contributed by atoms with Gasteiger partial charge in [-0.25, -0.2) is 9.37 Å². The molecular weight excluding hydrogens is 249 g/mol. The SMILES string of the molecule is CC(O)c1cnc(-c2ccc(F)cc2Cl)s1. The lowest BCUT2D eigenvalue weighted by Gasteiger charge is -2.00. The van der Waals surface area contributed by atoms with Crippen LogP contribution in [0.5, 0.6) is 0 Å². The van der Waals surface area contributed by atoms with Crippen molar-refractivity contribution in [3.63, 3.8) is 0 Å². The second-order valence-electron chi connectivity index (χ2n) is 3.37. The maximum atomic E-state index is 12.9. The van der Waals surface area contributed by atoms with E-state index < -0.39 is 6.10 Å². The summed E-state index contributed by atoms with van der Waals surface area (Å²) in [6.45, 7) is 1.67. The molecule has 1 aromatic carbocycles. The Hall–Kier alpha value is -0.970. The van der Waals surface area contributed by atoms with Crippen LogP contribution in [0, 0.1) is 5.82 Å². The zero-order chi connectivity index (χ0) is 11.7. The standard InChI is InChI=1S/C11H9ClFNOS/c1-6(15)10-5-14-11(16-10)8-3-2-7(13)4-9(8)12/h2-6,15H,1H3. The molecule has 0 aliphatic rings. The van der Waals surface area contributed by atoms with E-state index in [1.165, 1.54) is 23.5 Å². The summed E-state index contributed by atoms with van der Waals surface area (Å²) in [7, 11) is 0. The summed E-state index contributed by atoms with van der Waals surface area (Å²) >= 11 is 7.26. The lowest BCUT2D eigenvalue weighted by Crippen LogP contribution is -1.83. The van der Waals surface area contributed by atoms with E-state index in [0.29, 0.717) is 15.6 Å². The van der Waals surface area contributed by atoms with Crippen LogP contribution in [0.3, 0.4) is 0 Å². The van der Waals surface area contributed by atoms with Gasteiger partial charge in [0.25, 0.3) is 0 Å². The Morgan fingerprint density at radius 2 is 2.25 bits per heavy atom. The van der Waals surface area contributed by atoms with Crippen LogP contribution >= 0.6 is 22.9 Å². The van der Waals surface area contributed by atoms with E-state index >= 15 is 0 Å². The van der Waals surface area contributed by atoms with Gasteiger partial charge in [-0.05, 0) is 25.1 Å². The Morgan fingerprint density at radius 1 is 1.50 bits per heavy atom. The molecule has 16 heavy (non-hydrogen) atoms. The number of rotatable bonds is 2. The lowest BCUT2D eigenvalue weighted by molar-refractivity contribution is 0.203. The lowest BCUT2D eigenvalue weighted by atomic mass is 10.2. The maximum Gasteiger partial charge on any atom is 0.125 e. The van der Waals surface area contributed by atoms with Gasteiger partial charge in [0, 0.05) is 11.8 Å². The molecule has 0 amide bonds. The molecule has 2 rings (SSSR count). The number of nitrogens with zero attached hydrogens (tertiary/aromatic N) is 1. The second kappa shape index (κ2) is 4.49. The number of aliphatic hydroxyl groups is 1. The number of aromatic nitrogens is 1. The van der Waals surface area contributed by atoms with Gasteiger partial charge in [-0.2, -0.15) is 0 Å². The van der Waals surface area contributed by atoms with Crippen LogP contribution in [0.15, 0.2) is 24.4 Å². The number of benzene rings is 1. The van der Waals surface area contributed by atoms with Crippen molar-refractivity contribution in [3.05, 3.63) is 40.1 Å². The van der Waals surface area contributed by atoms with Crippen LogP contribution in [-0.2, 0) is 0 Å². The molecule has 1 heterocycles. The summed E-state index contributed by atoms with van der Waals surface area (Å²) in [6.07, 6.45) is 1.05. The first-order chi connectivity index (χ1) is 7.58. The van der Waals surface area contributed by atoms with Gasteiger partial charge in [0.05, 0.1) is 16.0 Å². The van der Waals surface area contributed by atoms with Crippen LogP contribution in [0.1, 0.15) is 17.9 Å². The summed E-state index contributed by atoms with van der Waals surface area (Å²) in [5.41, 5.74) is 0.681. The van der Waals surface area contributed by atoms with Gasteiger partial charge in [0.2, 0.25) is 0 Å². The van der Waals surface area contributed by atoms with Gasteiger partial charge in [0.15, 0.2) is 0 Å². The molecule has 1 aromatic heterocycles. The second-order valence-corrected chi connectivity index (χ2v) is 4.84. The van der Waals surface area contributed by atoms with Gasteiger partial charge < -0.3 is 5.11 Å². The highest BCUT2D eigenvalue weighted by Crippen LogP contribution is 2.33. The highest BCUT2D eigenvalue weighted by Gasteiger charge is 2.11. The molecule has 1 atom stereocenters. The zero-order valence-corrected chi connectivity index (χ0v) is 10.0. The number of aliphatic hydroxyl groups excluding tert-OH is 1. The highest BCUT2D eigenvalue weighted by atomic mass is 35.5. The van der Waals surface area contributed by atoms with Crippen LogP contribution < -0.4 is 0 Å².